The van der Waals surface area contributed by atoms with E-state index in [4.69, 9.17) is 0 Å². The quantitative estimate of drug-likeness (QED) is 0.790. The number of aromatic nitrogens is 3. The third-order valence-electron chi connectivity index (χ3n) is 2.70. The summed E-state index contributed by atoms with van der Waals surface area (Å²) in [6.07, 6.45) is 2.51. The minimum atomic E-state index is -3.95. The van der Waals surface area contributed by atoms with Gasteiger partial charge in [0.1, 0.15) is 0 Å². The molecule has 0 atom stereocenters. The van der Waals surface area contributed by atoms with Crippen LogP contribution in [0.1, 0.15) is 26.5 Å². The van der Waals surface area contributed by atoms with Crippen LogP contribution < -0.4 is 10.2 Å². The Kier molecular flexibility index (Phi) is 3.43. The molecule has 0 fully saturated rings. The van der Waals surface area contributed by atoms with Gasteiger partial charge in [-0.2, -0.15) is 5.10 Å². The highest BCUT2D eigenvalue weighted by molar-refractivity contribution is 7.92. The van der Waals surface area contributed by atoms with Gasteiger partial charge in [-0.3, -0.25) is 14.6 Å². The van der Waals surface area contributed by atoms with E-state index in [0.29, 0.717) is 0 Å². The molecule has 8 heteroatoms. The average molecular weight is 296 g/mol. The third kappa shape index (κ3) is 2.90. The maximum absolute atomic E-state index is 12.1. The van der Waals surface area contributed by atoms with E-state index in [-0.39, 0.29) is 16.1 Å². The normalized spacial score (nSPS) is 12.3. The van der Waals surface area contributed by atoms with Crippen molar-refractivity contribution in [3.8, 4) is 0 Å². The number of rotatable bonds is 3. The molecule has 0 aromatic carbocycles. The van der Waals surface area contributed by atoms with Gasteiger partial charge in [-0.1, -0.05) is 20.8 Å². The Balaban J connectivity index is 2.32. The van der Waals surface area contributed by atoms with E-state index < -0.39 is 15.5 Å². The van der Waals surface area contributed by atoms with Crippen LogP contribution in [0, 0.1) is 0 Å². The van der Waals surface area contributed by atoms with E-state index in [2.05, 4.69) is 19.9 Å². The molecule has 0 aliphatic heterocycles. The molecule has 20 heavy (non-hydrogen) atoms. The molecule has 0 spiro atoms. The summed E-state index contributed by atoms with van der Waals surface area (Å²) in [5.41, 5.74) is 0.0287. The molecule has 0 saturated carbocycles. The molecule has 0 aliphatic rings. The lowest BCUT2D eigenvalue weighted by Crippen LogP contribution is -2.21. The predicted octanol–water partition coefficient (Wildman–Crippen LogP) is 1.20. The lowest BCUT2D eigenvalue weighted by atomic mass is 9.92. The van der Waals surface area contributed by atoms with E-state index in [1.54, 1.807) is 6.07 Å². The smallest absolute Gasteiger partial charge is 0.268 e. The van der Waals surface area contributed by atoms with Gasteiger partial charge < -0.3 is 4.98 Å². The number of pyridine rings is 1. The number of anilines is 1. The monoisotopic (exact) mass is 296 g/mol. The lowest BCUT2D eigenvalue weighted by molar-refractivity contribution is 0.567. The van der Waals surface area contributed by atoms with Crippen molar-refractivity contribution >= 4 is 15.8 Å². The van der Waals surface area contributed by atoms with E-state index >= 15 is 0 Å². The van der Waals surface area contributed by atoms with Crippen LogP contribution in [0.5, 0.6) is 0 Å². The molecular weight excluding hydrogens is 280 g/mol. The molecule has 108 valence electrons. The summed E-state index contributed by atoms with van der Waals surface area (Å²) in [6, 6.07) is 2.76. The fourth-order valence-electron chi connectivity index (χ4n) is 1.56. The van der Waals surface area contributed by atoms with Crippen molar-refractivity contribution in [2.24, 2.45) is 0 Å². The van der Waals surface area contributed by atoms with Crippen LogP contribution in [-0.4, -0.2) is 23.6 Å². The van der Waals surface area contributed by atoms with Gasteiger partial charge in [-0.05, 0) is 0 Å². The second-order valence-electron chi connectivity index (χ2n) is 5.40. The van der Waals surface area contributed by atoms with Crippen LogP contribution in [0.4, 0.5) is 5.82 Å². The molecule has 0 saturated heterocycles. The van der Waals surface area contributed by atoms with E-state index in [1.807, 2.05) is 20.8 Å². The Bertz CT molecular complexity index is 768. The molecule has 2 rings (SSSR count). The maximum Gasteiger partial charge on any atom is 0.268 e. The summed E-state index contributed by atoms with van der Waals surface area (Å²) < 4.78 is 26.5. The van der Waals surface area contributed by atoms with Gasteiger partial charge >= 0.3 is 0 Å². The molecule has 7 nitrogen and oxygen atoms in total. The highest BCUT2D eigenvalue weighted by Crippen LogP contribution is 2.22. The third-order valence-corrected chi connectivity index (χ3v) is 4.08. The number of nitrogens with zero attached hydrogens (tertiary/aromatic N) is 1. The first-order valence-corrected chi connectivity index (χ1v) is 7.44. The Labute approximate surface area is 116 Å². The standard InChI is InChI=1S/C12H16N4O3S/c1-12(2,3)10-6-11(15-14-10)16-20(18,19)9-7-13-5-4-8(9)17/h4-7H,1-3H3,(H,13,17)(H2,14,15,16). The largest absolute Gasteiger partial charge is 0.366 e. The summed E-state index contributed by atoms with van der Waals surface area (Å²) in [7, 11) is -3.95. The first-order valence-electron chi connectivity index (χ1n) is 5.96. The zero-order valence-corrected chi connectivity index (χ0v) is 12.2. The summed E-state index contributed by atoms with van der Waals surface area (Å²) in [6.45, 7) is 5.92. The SMILES string of the molecule is CC(C)(C)c1cc(NS(=O)(=O)c2c[nH]ccc2=O)n[nH]1. The molecule has 0 bridgehead atoms. The van der Waals surface area contributed by atoms with E-state index in [1.165, 1.54) is 6.20 Å². The van der Waals surface area contributed by atoms with Gasteiger partial charge in [0.25, 0.3) is 10.0 Å². The first kappa shape index (κ1) is 14.3. The van der Waals surface area contributed by atoms with Crippen molar-refractivity contribution in [3.05, 3.63) is 40.4 Å². The highest BCUT2D eigenvalue weighted by atomic mass is 32.2. The molecule has 0 amide bonds. The second-order valence-corrected chi connectivity index (χ2v) is 7.05. The summed E-state index contributed by atoms with van der Waals surface area (Å²) in [5, 5.41) is 6.67. The Hall–Kier alpha value is -2.09. The van der Waals surface area contributed by atoms with Gasteiger partial charge in [0.05, 0.1) is 0 Å². The van der Waals surface area contributed by atoms with Crippen molar-refractivity contribution < 1.29 is 8.42 Å². The van der Waals surface area contributed by atoms with Gasteiger partial charge in [0.15, 0.2) is 10.7 Å². The van der Waals surface area contributed by atoms with Crippen LogP contribution in [0.3, 0.4) is 0 Å². The van der Waals surface area contributed by atoms with E-state index in [9.17, 15) is 13.2 Å². The maximum atomic E-state index is 12.1. The predicted molar refractivity (Wildman–Crippen MR) is 75.2 cm³/mol. The minimum absolute atomic E-state index is 0.151. The molecule has 0 aliphatic carbocycles. The lowest BCUT2D eigenvalue weighted by Gasteiger charge is -2.14. The molecule has 2 aromatic heterocycles. The summed E-state index contributed by atoms with van der Waals surface area (Å²) in [5.74, 6) is 0.151. The zero-order valence-electron chi connectivity index (χ0n) is 11.4. The number of sulfonamides is 1. The molecule has 0 unspecified atom stereocenters. The molecular formula is C12H16N4O3S. The van der Waals surface area contributed by atoms with Gasteiger partial charge in [0.2, 0.25) is 5.43 Å². The fraction of sp³-hybridized carbons (Fsp3) is 0.333. The topological polar surface area (TPSA) is 108 Å². The molecule has 0 radical (unpaired) electrons. The van der Waals surface area contributed by atoms with Crippen LogP contribution in [-0.2, 0) is 15.4 Å². The Morgan fingerprint density at radius 1 is 1.30 bits per heavy atom. The van der Waals surface area contributed by atoms with Gasteiger partial charge in [-0.15, -0.1) is 0 Å². The molecule has 2 heterocycles. The van der Waals surface area contributed by atoms with Crippen LogP contribution in [0.25, 0.3) is 0 Å². The van der Waals surface area contributed by atoms with E-state index in [0.717, 1.165) is 18.0 Å². The number of nitrogens with one attached hydrogen (secondary N) is 3. The second kappa shape index (κ2) is 4.78. The number of hydrogen-bond donors (Lipinski definition) is 3. The van der Waals surface area contributed by atoms with Gasteiger partial charge in [0, 0.05) is 35.6 Å². The van der Waals surface area contributed by atoms with Crippen LogP contribution >= 0.6 is 0 Å². The van der Waals surface area contributed by atoms with Crippen molar-refractivity contribution in [2.45, 2.75) is 31.1 Å². The highest BCUT2D eigenvalue weighted by Gasteiger charge is 2.21. The Morgan fingerprint density at radius 3 is 2.55 bits per heavy atom. The number of hydrogen-bond acceptors (Lipinski definition) is 4. The minimum Gasteiger partial charge on any atom is -0.366 e. The number of aromatic amines is 2. The van der Waals surface area contributed by atoms with Crippen molar-refractivity contribution in [1.29, 1.82) is 0 Å². The fourth-order valence-corrected chi connectivity index (χ4v) is 2.61. The molecule has 3 N–H and O–H groups in total. The molecule has 2 aromatic rings. The zero-order chi connectivity index (χ0) is 15.0. The first-order chi connectivity index (χ1) is 9.20. The van der Waals surface area contributed by atoms with Crippen LogP contribution in [0.2, 0.25) is 0 Å². The van der Waals surface area contributed by atoms with Gasteiger partial charge in [-0.25, -0.2) is 8.42 Å². The van der Waals surface area contributed by atoms with Crippen molar-refractivity contribution in [2.75, 3.05) is 4.72 Å². The number of H-pyrrole nitrogens is 2. The summed E-state index contributed by atoms with van der Waals surface area (Å²) >= 11 is 0. The van der Waals surface area contributed by atoms with Crippen LogP contribution in [0.15, 0.2) is 34.2 Å². The van der Waals surface area contributed by atoms with Crippen molar-refractivity contribution in [1.82, 2.24) is 15.2 Å². The Morgan fingerprint density at radius 2 is 2.00 bits per heavy atom. The van der Waals surface area contributed by atoms with Crippen molar-refractivity contribution in [3.63, 3.8) is 0 Å². The average Bonchev–Trinajstić information content (AvgIpc) is 2.76. The summed E-state index contributed by atoms with van der Waals surface area (Å²) in [4.78, 5) is 13.8.